The van der Waals surface area contributed by atoms with E-state index in [1.165, 1.54) is 0 Å². The van der Waals surface area contributed by atoms with Crippen molar-refractivity contribution >= 4 is 15.8 Å². The first kappa shape index (κ1) is 12.0. The lowest BCUT2D eigenvalue weighted by Crippen LogP contribution is -2.05. The fourth-order valence-corrected chi connectivity index (χ4v) is 3.49. The van der Waals surface area contributed by atoms with Gasteiger partial charge in [0.1, 0.15) is 0 Å². The summed E-state index contributed by atoms with van der Waals surface area (Å²) in [6, 6.07) is 0. The lowest BCUT2D eigenvalue weighted by atomic mass is 10.1. The smallest absolute Gasteiger partial charge is 0.303 e. The Bertz CT molecular complexity index is 521. The van der Waals surface area contributed by atoms with Gasteiger partial charge in [-0.15, -0.1) is 0 Å². The molecule has 2 rings (SSSR count). The van der Waals surface area contributed by atoms with Crippen LogP contribution >= 0.6 is 0 Å². The van der Waals surface area contributed by atoms with E-state index in [2.05, 4.69) is 10.1 Å². The van der Waals surface area contributed by atoms with E-state index < -0.39 is 15.8 Å². The maximum absolute atomic E-state index is 11.3. The first-order chi connectivity index (χ1) is 7.96. The van der Waals surface area contributed by atoms with Crippen molar-refractivity contribution in [3.8, 4) is 0 Å². The fraction of sp³-hybridized carbons (Fsp3) is 0.667. The van der Waals surface area contributed by atoms with Crippen molar-refractivity contribution in [3.63, 3.8) is 0 Å². The molecule has 1 aromatic rings. The standard InChI is InChI=1S/C9H12N2O5S/c12-8(13)2-1-7-10-9(11-16-7)6-3-4-17(14,15)5-6/h6H,1-5H2,(H,12,13). The summed E-state index contributed by atoms with van der Waals surface area (Å²) in [5, 5.41) is 12.2. The number of carbonyl (C=O) groups is 1. The van der Waals surface area contributed by atoms with E-state index in [1.807, 2.05) is 0 Å². The van der Waals surface area contributed by atoms with Crippen LogP contribution in [0.5, 0.6) is 0 Å². The zero-order chi connectivity index (χ0) is 12.5. The summed E-state index contributed by atoms with van der Waals surface area (Å²) in [5.74, 6) is -0.352. The third-order valence-electron chi connectivity index (χ3n) is 2.63. The van der Waals surface area contributed by atoms with Crippen molar-refractivity contribution in [1.29, 1.82) is 0 Å². The van der Waals surface area contributed by atoms with Gasteiger partial charge in [-0.2, -0.15) is 4.98 Å². The molecule has 0 radical (unpaired) electrons. The lowest BCUT2D eigenvalue weighted by Gasteiger charge is -1.97. The molecule has 1 N–H and O–H groups in total. The van der Waals surface area contributed by atoms with Crippen LogP contribution in [0.15, 0.2) is 4.52 Å². The van der Waals surface area contributed by atoms with E-state index in [9.17, 15) is 13.2 Å². The zero-order valence-corrected chi connectivity index (χ0v) is 9.81. The molecule has 0 spiro atoms. The van der Waals surface area contributed by atoms with Gasteiger partial charge in [-0.3, -0.25) is 4.79 Å². The number of hydrogen-bond acceptors (Lipinski definition) is 6. The van der Waals surface area contributed by atoms with E-state index >= 15 is 0 Å². The van der Waals surface area contributed by atoms with Crippen LogP contribution in [0.2, 0.25) is 0 Å². The quantitative estimate of drug-likeness (QED) is 0.810. The van der Waals surface area contributed by atoms with Crippen LogP contribution in [-0.2, 0) is 21.1 Å². The van der Waals surface area contributed by atoms with E-state index in [-0.39, 0.29) is 36.2 Å². The molecule has 1 fully saturated rings. The second-order valence-corrected chi connectivity index (χ2v) is 6.27. The van der Waals surface area contributed by atoms with Crippen LogP contribution in [0.4, 0.5) is 0 Å². The molecular weight excluding hydrogens is 248 g/mol. The summed E-state index contributed by atoms with van der Waals surface area (Å²) < 4.78 is 27.4. The predicted octanol–water partition coefficient (Wildman–Crippen LogP) is -0.0111. The van der Waals surface area contributed by atoms with Gasteiger partial charge in [-0.05, 0) is 6.42 Å². The highest BCUT2D eigenvalue weighted by atomic mass is 32.2. The first-order valence-electron chi connectivity index (χ1n) is 5.21. The third kappa shape index (κ3) is 3.02. The molecule has 1 atom stereocenters. The average Bonchev–Trinajstić information content (AvgIpc) is 2.81. The Morgan fingerprint density at radius 3 is 2.88 bits per heavy atom. The maximum atomic E-state index is 11.3. The number of aryl methyl sites for hydroxylation is 1. The topological polar surface area (TPSA) is 110 Å². The Morgan fingerprint density at radius 1 is 1.53 bits per heavy atom. The van der Waals surface area contributed by atoms with Crippen LogP contribution < -0.4 is 0 Å². The Labute approximate surface area is 97.7 Å². The molecule has 1 aliphatic heterocycles. The molecule has 17 heavy (non-hydrogen) atoms. The molecule has 1 saturated heterocycles. The van der Waals surface area contributed by atoms with Crippen molar-refractivity contribution in [2.75, 3.05) is 11.5 Å². The van der Waals surface area contributed by atoms with Crippen molar-refractivity contribution in [1.82, 2.24) is 10.1 Å². The summed E-state index contributed by atoms with van der Waals surface area (Å²) in [6.45, 7) is 0. The van der Waals surface area contributed by atoms with Gasteiger partial charge in [-0.1, -0.05) is 5.16 Å². The van der Waals surface area contributed by atoms with Crippen molar-refractivity contribution < 1.29 is 22.8 Å². The van der Waals surface area contributed by atoms with E-state index in [0.29, 0.717) is 12.2 Å². The highest BCUT2D eigenvalue weighted by Gasteiger charge is 2.32. The Balaban J connectivity index is 2.01. The molecule has 0 amide bonds. The molecular formula is C9H12N2O5S. The van der Waals surface area contributed by atoms with Crippen molar-refractivity contribution in [2.45, 2.75) is 25.2 Å². The van der Waals surface area contributed by atoms with Gasteiger partial charge >= 0.3 is 5.97 Å². The number of rotatable bonds is 4. The number of aromatic nitrogens is 2. The van der Waals surface area contributed by atoms with E-state index in [4.69, 9.17) is 9.63 Å². The van der Waals surface area contributed by atoms with Crippen LogP contribution in [0.25, 0.3) is 0 Å². The summed E-state index contributed by atoms with van der Waals surface area (Å²) >= 11 is 0. The van der Waals surface area contributed by atoms with Gasteiger partial charge < -0.3 is 9.63 Å². The normalized spacial score (nSPS) is 22.7. The van der Waals surface area contributed by atoms with E-state index in [0.717, 1.165) is 0 Å². The minimum atomic E-state index is -2.98. The lowest BCUT2D eigenvalue weighted by molar-refractivity contribution is -0.137. The molecule has 7 nitrogen and oxygen atoms in total. The molecule has 1 aliphatic rings. The molecule has 2 heterocycles. The first-order valence-corrected chi connectivity index (χ1v) is 7.03. The number of hydrogen-bond donors (Lipinski definition) is 1. The number of carboxylic acids is 1. The molecule has 8 heteroatoms. The molecule has 94 valence electrons. The van der Waals surface area contributed by atoms with Crippen molar-refractivity contribution in [2.24, 2.45) is 0 Å². The summed E-state index contributed by atoms with van der Waals surface area (Å²) in [4.78, 5) is 14.4. The maximum Gasteiger partial charge on any atom is 0.303 e. The minimum absolute atomic E-state index is 0.0465. The van der Waals surface area contributed by atoms with Crippen LogP contribution in [0, 0.1) is 0 Å². The number of carboxylic acid groups (broad SMARTS) is 1. The van der Waals surface area contributed by atoms with Gasteiger partial charge in [0.2, 0.25) is 5.89 Å². The zero-order valence-electron chi connectivity index (χ0n) is 9.00. The minimum Gasteiger partial charge on any atom is -0.481 e. The summed E-state index contributed by atoms with van der Waals surface area (Å²) in [5.41, 5.74) is 0. The molecule has 0 aliphatic carbocycles. The van der Waals surface area contributed by atoms with Gasteiger partial charge in [-0.25, -0.2) is 8.42 Å². The van der Waals surface area contributed by atoms with Crippen LogP contribution in [-0.4, -0.2) is 41.1 Å². The number of sulfone groups is 1. The number of nitrogens with zero attached hydrogens (tertiary/aromatic N) is 2. The number of aliphatic carboxylic acids is 1. The molecule has 1 aromatic heterocycles. The summed E-state index contributed by atoms with van der Waals surface area (Å²) in [7, 11) is -2.98. The molecule has 1 unspecified atom stereocenters. The van der Waals surface area contributed by atoms with Gasteiger partial charge in [0.25, 0.3) is 0 Å². The highest BCUT2D eigenvalue weighted by Crippen LogP contribution is 2.26. The second kappa shape index (κ2) is 4.44. The summed E-state index contributed by atoms with van der Waals surface area (Å²) in [6.07, 6.45) is 0.590. The van der Waals surface area contributed by atoms with Crippen molar-refractivity contribution in [3.05, 3.63) is 11.7 Å². The monoisotopic (exact) mass is 260 g/mol. The van der Waals surface area contributed by atoms with Gasteiger partial charge in [0, 0.05) is 12.3 Å². The highest BCUT2D eigenvalue weighted by molar-refractivity contribution is 7.91. The van der Waals surface area contributed by atoms with Crippen LogP contribution in [0.3, 0.4) is 0 Å². The van der Waals surface area contributed by atoms with Gasteiger partial charge in [0.15, 0.2) is 15.7 Å². The molecule has 0 saturated carbocycles. The Kier molecular flexibility index (Phi) is 3.14. The van der Waals surface area contributed by atoms with Crippen LogP contribution in [0.1, 0.15) is 30.5 Å². The Hall–Kier alpha value is -1.44. The second-order valence-electron chi connectivity index (χ2n) is 4.04. The SMILES string of the molecule is O=C(O)CCc1nc(C2CCS(=O)(=O)C2)no1. The van der Waals surface area contributed by atoms with E-state index in [1.54, 1.807) is 0 Å². The Morgan fingerprint density at radius 2 is 2.29 bits per heavy atom. The third-order valence-corrected chi connectivity index (χ3v) is 4.40. The van der Waals surface area contributed by atoms with Gasteiger partial charge in [0.05, 0.1) is 17.9 Å². The fourth-order valence-electron chi connectivity index (χ4n) is 1.75. The molecule has 0 aromatic carbocycles. The average molecular weight is 260 g/mol. The molecule has 0 bridgehead atoms. The largest absolute Gasteiger partial charge is 0.481 e. The predicted molar refractivity (Wildman–Crippen MR) is 56.3 cm³/mol.